The molecule has 0 fully saturated rings. The van der Waals surface area contributed by atoms with Gasteiger partial charge in [-0.15, -0.1) is 0 Å². The fourth-order valence-electron chi connectivity index (χ4n) is 2.83. The molecule has 0 amide bonds. The highest BCUT2D eigenvalue weighted by Crippen LogP contribution is 2.49. The van der Waals surface area contributed by atoms with Gasteiger partial charge in [0.25, 0.3) is 0 Å². The van der Waals surface area contributed by atoms with Crippen molar-refractivity contribution in [1.82, 2.24) is 4.98 Å². The molecule has 0 bridgehead atoms. The van der Waals surface area contributed by atoms with E-state index >= 15 is 0 Å². The van der Waals surface area contributed by atoms with Crippen LogP contribution in [-0.4, -0.2) is 11.0 Å². The van der Waals surface area contributed by atoms with Gasteiger partial charge in [-0.25, -0.2) is 0 Å². The molecule has 0 aliphatic carbocycles. The molecule has 1 atom stereocenters. The molecule has 0 spiro atoms. The van der Waals surface area contributed by atoms with Crippen LogP contribution in [0.15, 0.2) is 24.4 Å². The first-order valence-corrected chi connectivity index (χ1v) is 7.77. The largest absolute Gasteiger partial charge is 0.433 e. The van der Waals surface area contributed by atoms with E-state index in [1.54, 1.807) is 19.1 Å². The number of aromatic nitrogens is 1. The number of halogens is 4. The van der Waals surface area contributed by atoms with Crippen molar-refractivity contribution >= 4 is 0 Å². The second-order valence-corrected chi connectivity index (χ2v) is 6.49. The van der Waals surface area contributed by atoms with Crippen molar-refractivity contribution in [3.8, 4) is 22.6 Å². The van der Waals surface area contributed by atoms with Crippen molar-refractivity contribution < 1.29 is 27.0 Å². The van der Waals surface area contributed by atoms with Crippen molar-refractivity contribution in [3.05, 3.63) is 41.2 Å². The number of benzene rings is 1. The van der Waals surface area contributed by atoms with Crippen molar-refractivity contribution in [2.75, 3.05) is 0 Å². The van der Waals surface area contributed by atoms with Crippen molar-refractivity contribution in [1.29, 1.82) is 0 Å². The van der Waals surface area contributed by atoms with Crippen LogP contribution >= 0.6 is 0 Å². The molecule has 7 heteroatoms. The Bertz CT molecular complexity index is 829. The van der Waals surface area contributed by atoms with E-state index in [2.05, 4.69) is 4.98 Å². The smallest absolute Gasteiger partial charge is 0.423 e. The van der Waals surface area contributed by atoms with Gasteiger partial charge in [0.15, 0.2) is 11.5 Å². The number of fused-ring (bicyclic) bond motifs is 1. The summed E-state index contributed by atoms with van der Waals surface area (Å²) in [6.45, 7) is 6.55. The zero-order chi connectivity index (χ0) is 18.6. The van der Waals surface area contributed by atoms with Gasteiger partial charge in [0.2, 0.25) is 0 Å². The lowest BCUT2D eigenvalue weighted by Crippen LogP contribution is -2.28. The minimum absolute atomic E-state index is 0.0833. The summed E-state index contributed by atoms with van der Waals surface area (Å²) in [4.78, 5) is 3.53. The van der Waals surface area contributed by atoms with Crippen LogP contribution in [0.5, 0.6) is 11.5 Å². The third-order valence-corrected chi connectivity index (χ3v) is 3.91. The summed E-state index contributed by atoms with van der Waals surface area (Å²) in [7, 11) is 0. The minimum Gasteiger partial charge on any atom is -0.423 e. The number of hydrogen-bond donors (Lipinski definition) is 0. The van der Waals surface area contributed by atoms with E-state index < -0.39 is 17.9 Å². The number of pyridine rings is 1. The molecule has 0 N–H and O–H groups in total. The van der Waals surface area contributed by atoms with Gasteiger partial charge in [-0.1, -0.05) is 13.8 Å². The lowest BCUT2D eigenvalue weighted by Gasteiger charge is -2.17. The second-order valence-electron chi connectivity index (χ2n) is 6.49. The lowest BCUT2D eigenvalue weighted by molar-refractivity contribution is -0.173. The first-order valence-electron chi connectivity index (χ1n) is 7.77. The van der Waals surface area contributed by atoms with E-state index in [0.717, 1.165) is 18.6 Å². The Balaban J connectivity index is 2.27. The van der Waals surface area contributed by atoms with E-state index in [1.807, 2.05) is 13.8 Å². The molecule has 1 aliphatic rings. The highest BCUT2D eigenvalue weighted by atomic mass is 19.4. The Kier molecular flexibility index (Phi) is 3.93. The highest BCUT2D eigenvalue weighted by molar-refractivity contribution is 5.78. The van der Waals surface area contributed by atoms with Gasteiger partial charge in [-0.2, -0.15) is 17.6 Å². The zero-order valence-corrected chi connectivity index (χ0v) is 14.2. The molecule has 0 radical (unpaired) electrons. The van der Waals surface area contributed by atoms with Crippen LogP contribution in [0, 0.1) is 6.92 Å². The molecule has 1 aromatic carbocycles. The number of hydrogen-bond acceptors (Lipinski definition) is 3. The molecule has 0 saturated carbocycles. The van der Waals surface area contributed by atoms with Crippen LogP contribution in [0.25, 0.3) is 11.1 Å². The summed E-state index contributed by atoms with van der Waals surface area (Å²) in [5, 5.41) is 0. The highest BCUT2D eigenvalue weighted by Gasteiger charge is 2.40. The fraction of sp³-hybridized carbons (Fsp3) is 0.389. The lowest BCUT2D eigenvalue weighted by atomic mass is 9.92. The van der Waals surface area contributed by atoms with Gasteiger partial charge >= 0.3 is 12.2 Å². The van der Waals surface area contributed by atoms with Crippen LogP contribution in [0.1, 0.15) is 43.5 Å². The topological polar surface area (TPSA) is 31.4 Å². The molecule has 1 aromatic heterocycles. The van der Waals surface area contributed by atoms with Gasteiger partial charge < -0.3 is 9.47 Å². The summed E-state index contributed by atoms with van der Waals surface area (Å²) >= 11 is 0. The summed E-state index contributed by atoms with van der Waals surface area (Å²) in [5.41, 5.74) is 0.975. The molecule has 2 aromatic rings. The summed E-state index contributed by atoms with van der Waals surface area (Å²) in [5.74, 6) is 0.178. The molecule has 3 nitrogen and oxygen atoms in total. The average molecular weight is 355 g/mol. The average Bonchev–Trinajstić information content (AvgIpc) is 2.78. The fourth-order valence-corrected chi connectivity index (χ4v) is 2.83. The molecule has 1 unspecified atom stereocenters. The minimum atomic E-state index is -4.58. The van der Waals surface area contributed by atoms with Crippen molar-refractivity contribution in [2.24, 2.45) is 0 Å². The number of ether oxygens (including phenoxy) is 2. The first kappa shape index (κ1) is 17.5. The standard InChI is InChI=1S/C18H17F4NO2/c1-9(2)13-8-23-15(18(20,21)22)7-11(13)12-5-10(3)6-14-16(12)25-17(4,19)24-14/h5-9H,1-4H3. The third kappa shape index (κ3) is 3.27. The van der Waals surface area contributed by atoms with Crippen LogP contribution in [0.2, 0.25) is 0 Å². The maximum atomic E-state index is 14.1. The van der Waals surface area contributed by atoms with Gasteiger partial charge in [0, 0.05) is 18.7 Å². The molecule has 2 heterocycles. The first-order chi connectivity index (χ1) is 11.5. The normalized spacial score (nSPS) is 19.6. The maximum absolute atomic E-state index is 14.1. The Hall–Kier alpha value is -2.31. The number of rotatable bonds is 2. The Morgan fingerprint density at radius 3 is 2.36 bits per heavy atom. The van der Waals surface area contributed by atoms with Crippen molar-refractivity contribution in [3.63, 3.8) is 0 Å². The van der Waals surface area contributed by atoms with E-state index in [9.17, 15) is 17.6 Å². The van der Waals surface area contributed by atoms with Crippen LogP contribution < -0.4 is 9.47 Å². The maximum Gasteiger partial charge on any atom is 0.433 e. The van der Waals surface area contributed by atoms with Crippen LogP contribution in [0.3, 0.4) is 0 Å². The Labute approximate surface area is 142 Å². The van der Waals surface area contributed by atoms with Gasteiger partial charge in [0.1, 0.15) is 5.69 Å². The summed E-state index contributed by atoms with van der Waals surface area (Å²) in [6, 6.07) is 1.86. The molecule has 0 saturated heterocycles. The monoisotopic (exact) mass is 355 g/mol. The number of alkyl halides is 4. The van der Waals surface area contributed by atoms with Crippen LogP contribution in [-0.2, 0) is 6.18 Å². The summed E-state index contributed by atoms with van der Waals surface area (Å²) < 4.78 is 63.8. The predicted molar refractivity (Wildman–Crippen MR) is 84.3 cm³/mol. The van der Waals surface area contributed by atoms with Crippen molar-refractivity contribution in [2.45, 2.75) is 45.8 Å². The molecular weight excluding hydrogens is 338 g/mol. The van der Waals surface area contributed by atoms with E-state index in [4.69, 9.17) is 9.47 Å². The van der Waals surface area contributed by atoms with E-state index in [1.165, 1.54) is 6.20 Å². The zero-order valence-electron chi connectivity index (χ0n) is 14.2. The van der Waals surface area contributed by atoms with Gasteiger partial charge in [-0.05, 0) is 47.7 Å². The predicted octanol–water partition coefficient (Wildman–Crippen LogP) is 5.61. The quantitative estimate of drug-likeness (QED) is 0.656. The molecular formula is C18H17F4NO2. The van der Waals surface area contributed by atoms with E-state index in [-0.39, 0.29) is 17.4 Å². The molecule has 3 rings (SSSR count). The van der Waals surface area contributed by atoms with Crippen LogP contribution in [0.4, 0.5) is 17.6 Å². The summed E-state index contributed by atoms with van der Waals surface area (Å²) in [6.07, 6.45) is -3.37. The molecule has 134 valence electrons. The van der Waals surface area contributed by atoms with Gasteiger partial charge in [0.05, 0.1) is 0 Å². The molecule has 1 aliphatic heterocycles. The SMILES string of the molecule is Cc1cc2c(c(-c3cc(C(F)(F)F)ncc3C(C)C)c1)OC(C)(F)O2. The number of aryl methyl sites for hydroxylation is 1. The molecule has 25 heavy (non-hydrogen) atoms. The Morgan fingerprint density at radius 1 is 1.08 bits per heavy atom. The van der Waals surface area contributed by atoms with Gasteiger partial charge in [-0.3, -0.25) is 4.98 Å². The van der Waals surface area contributed by atoms with E-state index in [0.29, 0.717) is 16.7 Å². The number of nitrogens with zero attached hydrogens (tertiary/aromatic N) is 1. The third-order valence-electron chi connectivity index (χ3n) is 3.91. The second kappa shape index (κ2) is 5.61. The Morgan fingerprint density at radius 2 is 1.76 bits per heavy atom.